The van der Waals surface area contributed by atoms with Crippen LogP contribution in [0.4, 0.5) is 0 Å². The highest BCUT2D eigenvalue weighted by Crippen LogP contribution is 2.17. The number of hydrogen-bond acceptors (Lipinski definition) is 3. The number of nitrogens with one attached hydrogen (secondary N) is 1. The average molecular weight is 271 g/mol. The second-order valence-electron chi connectivity index (χ2n) is 6.42. The quantitative estimate of drug-likeness (QED) is 0.710. The van der Waals surface area contributed by atoms with Gasteiger partial charge in [0.05, 0.1) is 6.04 Å². The summed E-state index contributed by atoms with van der Waals surface area (Å²) >= 11 is 0. The van der Waals surface area contributed by atoms with E-state index in [0.717, 1.165) is 32.5 Å². The van der Waals surface area contributed by atoms with Gasteiger partial charge in [-0.2, -0.15) is 0 Å². The Morgan fingerprint density at radius 2 is 1.79 bits per heavy atom. The van der Waals surface area contributed by atoms with Gasteiger partial charge in [-0.05, 0) is 44.8 Å². The third-order valence-corrected chi connectivity index (χ3v) is 3.61. The van der Waals surface area contributed by atoms with Gasteiger partial charge in [-0.25, -0.2) is 0 Å². The second-order valence-corrected chi connectivity index (χ2v) is 6.42. The maximum absolute atomic E-state index is 12.0. The Labute approximate surface area is 119 Å². The molecule has 0 saturated carbocycles. The molecule has 0 fully saturated rings. The third kappa shape index (κ3) is 7.53. The lowest BCUT2D eigenvalue weighted by Gasteiger charge is -2.27. The van der Waals surface area contributed by atoms with Crippen molar-refractivity contribution in [2.75, 3.05) is 19.6 Å². The molecule has 0 heterocycles. The topological polar surface area (TPSA) is 58.4 Å². The van der Waals surface area contributed by atoms with E-state index in [9.17, 15) is 4.79 Å². The maximum atomic E-state index is 12.0. The van der Waals surface area contributed by atoms with Crippen molar-refractivity contribution in [1.82, 2.24) is 10.2 Å². The van der Waals surface area contributed by atoms with E-state index in [1.807, 2.05) is 20.8 Å². The molecular formula is C15H33N3O. The minimum Gasteiger partial charge on any atom is -0.352 e. The van der Waals surface area contributed by atoms with Crippen molar-refractivity contribution in [3.63, 3.8) is 0 Å². The van der Waals surface area contributed by atoms with E-state index in [0.29, 0.717) is 0 Å². The Bertz CT molecular complexity index is 257. The van der Waals surface area contributed by atoms with Gasteiger partial charge in [0, 0.05) is 6.04 Å². The van der Waals surface area contributed by atoms with Gasteiger partial charge in [0.2, 0.25) is 5.91 Å². The van der Waals surface area contributed by atoms with Crippen molar-refractivity contribution >= 4 is 5.91 Å². The highest BCUT2D eigenvalue weighted by Gasteiger charge is 2.27. The normalized spacial score (nSPS) is 15.4. The van der Waals surface area contributed by atoms with Crippen molar-refractivity contribution in [1.29, 1.82) is 0 Å². The Morgan fingerprint density at radius 3 is 2.21 bits per heavy atom. The largest absolute Gasteiger partial charge is 0.352 e. The molecule has 19 heavy (non-hydrogen) atoms. The Morgan fingerprint density at radius 1 is 1.26 bits per heavy atom. The van der Waals surface area contributed by atoms with Crippen LogP contribution in [0.1, 0.15) is 54.4 Å². The van der Waals surface area contributed by atoms with Crippen molar-refractivity contribution in [3.05, 3.63) is 0 Å². The molecule has 3 N–H and O–H groups in total. The van der Waals surface area contributed by atoms with Gasteiger partial charge >= 0.3 is 0 Å². The van der Waals surface area contributed by atoms with Gasteiger partial charge < -0.3 is 16.0 Å². The molecule has 1 amide bonds. The van der Waals surface area contributed by atoms with Crippen LogP contribution in [0.2, 0.25) is 0 Å². The molecule has 2 atom stereocenters. The maximum Gasteiger partial charge on any atom is 0.237 e. The predicted molar refractivity (Wildman–Crippen MR) is 82.1 cm³/mol. The number of carbonyl (C=O) groups is 1. The summed E-state index contributed by atoms with van der Waals surface area (Å²) in [5.74, 6) is -0.0390. The average Bonchev–Trinajstić information content (AvgIpc) is 2.32. The number of rotatable bonds is 8. The van der Waals surface area contributed by atoms with Crippen LogP contribution in [0.25, 0.3) is 0 Å². The summed E-state index contributed by atoms with van der Waals surface area (Å²) in [7, 11) is 0. The fraction of sp³-hybridized carbons (Fsp3) is 0.933. The molecule has 4 heteroatoms. The SMILES string of the molecule is CCN(CC)CCCC(C)NC(=O)C(N)C(C)(C)C. The molecule has 0 aromatic heterocycles. The highest BCUT2D eigenvalue weighted by molar-refractivity contribution is 5.82. The summed E-state index contributed by atoms with van der Waals surface area (Å²) < 4.78 is 0. The van der Waals surface area contributed by atoms with Crippen LogP contribution in [0.3, 0.4) is 0 Å². The van der Waals surface area contributed by atoms with E-state index in [1.54, 1.807) is 0 Å². The lowest BCUT2D eigenvalue weighted by atomic mass is 9.87. The summed E-state index contributed by atoms with van der Waals surface area (Å²) in [5, 5.41) is 3.01. The first-order valence-corrected chi connectivity index (χ1v) is 7.50. The van der Waals surface area contributed by atoms with Crippen LogP contribution in [0, 0.1) is 5.41 Å². The van der Waals surface area contributed by atoms with E-state index in [2.05, 4.69) is 31.0 Å². The van der Waals surface area contributed by atoms with E-state index < -0.39 is 6.04 Å². The first-order valence-electron chi connectivity index (χ1n) is 7.50. The lowest BCUT2D eigenvalue weighted by Crippen LogP contribution is -2.50. The predicted octanol–water partition coefficient (Wildman–Crippen LogP) is 1.99. The molecule has 114 valence electrons. The molecule has 0 radical (unpaired) electrons. The smallest absolute Gasteiger partial charge is 0.237 e. The van der Waals surface area contributed by atoms with Gasteiger partial charge in [0.15, 0.2) is 0 Å². The molecule has 0 spiro atoms. The van der Waals surface area contributed by atoms with E-state index in [4.69, 9.17) is 5.73 Å². The van der Waals surface area contributed by atoms with Crippen LogP contribution in [0.15, 0.2) is 0 Å². The zero-order valence-corrected chi connectivity index (χ0v) is 13.6. The highest BCUT2D eigenvalue weighted by atomic mass is 16.2. The van der Waals surface area contributed by atoms with Crippen LogP contribution < -0.4 is 11.1 Å². The number of hydrogen-bond donors (Lipinski definition) is 2. The van der Waals surface area contributed by atoms with Crippen molar-refractivity contribution < 1.29 is 4.79 Å². The molecule has 0 bridgehead atoms. The molecule has 0 aliphatic heterocycles. The molecule has 4 nitrogen and oxygen atoms in total. The number of amides is 1. The first kappa shape index (κ1) is 18.4. The number of nitrogens with zero attached hydrogens (tertiary/aromatic N) is 1. The van der Waals surface area contributed by atoms with Crippen LogP contribution >= 0.6 is 0 Å². The molecule has 0 aliphatic carbocycles. The monoisotopic (exact) mass is 271 g/mol. The zero-order chi connectivity index (χ0) is 15.1. The lowest BCUT2D eigenvalue weighted by molar-refractivity contribution is -0.125. The molecule has 0 aromatic rings. The first-order chi connectivity index (χ1) is 8.72. The Kier molecular flexibility index (Phi) is 8.26. The molecule has 0 aromatic carbocycles. The van der Waals surface area contributed by atoms with Gasteiger partial charge in [0.1, 0.15) is 0 Å². The summed E-state index contributed by atoms with van der Waals surface area (Å²) in [6.07, 6.45) is 2.10. The molecule has 0 rings (SSSR count). The fourth-order valence-electron chi connectivity index (χ4n) is 1.96. The third-order valence-electron chi connectivity index (χ3n) is 3.61. The molecule has 2 unspecified atom stereocenters. The van der Waals surface area contributed by atoms with E-state index in [-0.39, 0.29) is 17.4 Å². The molecular weight excluding hydrogens is 238 g/mol. The second kappa shape index (κ2) is 8.54. The van der Waals surface area contributed by atoms with Crippen molar-refractivity contribution in [3.8, 4) is 0 Å². The van der Waals surface area contributed by atoms with Crippen LogP contribution in [-0.4, -0.2) is 42.5 Å². The van der Waals surface area contributed by atoms with Crippen molar-refractivity contribution in [2.24, 2.45) is 11.1 Å². The fourth-order valence-corrected chi connectivity index (χ4v) is 1.96. The van der Waals surface area contributed by atoms with E-state index >= 15 is 0 Å². The Balaban J connectivity index is 3.98. The van der Waals surface area contributed by atoms with Crippen molar-refractivity contribution in [2.45, 2.75) is 66.5 Å². The van der Waals surface area contributed by atoms with Gasteiger partial charge in [-0.3, -0.25) is 4.79 Å². The molecule has 0 aliphatic rings. The summed E-state index contributed by atoms with van der Waals surface area (Å²) in [6, 6.07) is -0.255. The minimum atomic E-state index is -0.447. The summed E-state index contributed by atoms with van der Waals surface area (Å²) in [4.78, 5) is 14.4. The Hall–Kier alpha value is -0.610. The standard InChI is InChI=1S/C15H33N3O/c1-7-18(8-2)11-9-10-12(3)17-14(19)13(16)15(4,5)6/h12-13H,7-11,16H2,1-6H3,(H,17,19). The molecule has 0 saturated heterocycles. The summed E-state index contributed by atoms with van der Waals surface area (Å²) in [5.41, 5.74) is 5.75. The van der Waals surface area contributed by atoms with Gasteiger partial charge in [0.25, 0.3) is 0 Å². The van der Waals surface area contributed by atoms with E-state index in [1.165, 1.54) is 0 Å². The minimum absolute atomic E-state index is 0.0390. The summed E-state index contributed by atoms with van der Waals surface area (Å²) in [6.45, 7) is 15.6. The van der Waals surface area contributed by atoms with Crippen LogP contribution in [-0.2, 0) is 4.79 Å². The van der Waals surface area contributed by atoms with Gasteiger partial charge in [-0.15, -0.1) is 0 Å². The van der Waals surface area contributed by atoms with Gasteiger partial charge in [-0.1, -0.05) is 34.6 Å². The number of nitrogens with two attached hydrogens (primary N) is 1. The number of carbonyl (C=O) groups excluding carboxylic acids is 1. The van der Waals surface area contributed by atoms with Crippen LogP contribution in [0.5, 0.6) is 0 Å². The zero-order valence-electron chi connectivity index (χ0n) is 13.6.